The summed E-state index contributed by atoms with van der Waals surface area (Å²) in [4.78, 5) is 23.8. The number of pyridine rings is 1. The molecule has 1 aromatic heterocycles. The van der Waals surface area contributed by atoms with Gasteiger partial charge in [0.05, 0.1) is 5.71 Å². The van der Waals surface area contributed by atoms with Gasteiger partial charge in [-0.05, 0) is 49.2 Å². The molecule has 1 aliphatic rings. The normalized spacial score (nSPS) is 14.8. The molecule has 0 unspecified atom stereocenters. The van der Waals surface area contributed by atoms with Gasteiger partial charge in [-0.2, -0.15) is 0 Å². The van der Waals surface area contributed by atoms with Crippen molar-refractivity contribution < 1.29 is 9.63 Å². The van der Waals surface area contributed by atoms with Crippen molar-refractivity contribution in [1.29, 1.82) is 0 Å². The van der Waals surface area contributed by atoms with Crippen LogP contribution in [0.25, 0.3) is 0 Å². The first-order chi connectivity index (χ1) is 15.3. The molecule has 6 heteroatoms. The summed E-state index contributed by atoms with van der Waals surface area (Å²) in [7, 11) is 0. The SMILES string of the molecule is O=C(Nc1ccncc1)O/N=C(/c1cccc(Sc2ccccc2)c1)C1CCCCC1. The van der Waals surface area contributed by atoms with E-state index >= 15 is 0 Å². The molecule has 1 saturated carbocycles. The molecule has 4 rings (SSSR count). The molecule has 0 aliphatic heterocycles. The number of hydrogen-bond donors (Lipinski definition) is 1. The van der Waals surface area contributed by atoms with Gasteiger partial charge in [0.25, 0.3) is 0 Å². The minimum Gasteiger partial charge on any atom is -0.297 e. The first kappa shape index (κ1) is 21.1. The zero-order valence-corrected chi connectivity index (χ0v) is 18.1. The number of nitrogens with one attached hydrogen (secondary N) is 1. The Labute approximate surface area is 186 Å². The third-order valence-corrected chi connectivity index (χ3v) is 6.25. The third-order valence-electron chi connectivity index (χ3n) is 5.25. The van der Waals surface area contributed by atoms with E-state index in [4.69, 9.17) is 4.84 Å². The van der Waals surface area contributed by atoms with Crippen molar-refractivity contribution in [2.75, 3.05) is 5.32 Å². The number of anilines is 1. The number of oxime groups is 1. The average Bonchev–Trinajstić information content (AvgIpc) is 2.81. The van der Waals surface area contributed by atoms with Crippen LogP contribution < -0.4 is 5.32 Å². The largest absolute Gasteiger partial charge is 0.437 e. The average molecular weight is 432 g/mol. The summed E-state index contributed by atoms with van der Waals surface area (Å²) in [5, 5.41) is 7.02. The highest BCUT2D eigenvalue weighted by atomic mass is 32.2. The molecule has 3 aromatic rings. The van der Waals surface area contributed by atoms with E-state index in [0.29, 0.717) is 11.6 Å². The molecular formula is C25H25N3O2S. The lowest BCUT2D eigenvalue weighted by molar-refractivity contribution is 0.165. The standard InChI is InChI=1S/C25H25N3O2S/c29-25(27-21-14-16-26-17-15-21)30-28-24(19-8-3-1-4-9-19)20-10-7-13-23(18-20)31-22-11-5-2-6-12-22/h2,5-7,10-19H,1,3-4,8-9H2,(H,26,27,29)/b28-24+. The minimum absolute atomic E-state index is 0.291. The molecule has 0 saturated heterocycles. The Hall–Kier alpha value is -3.12. The molecule has 2 aromatic carbocycles. The van der Waals surface area contributed by atoms with Gasteiger partial charge in [-0.1, -0.05) is 66.5 Å². The fraction of sp³-hybridized carbons (Fsp3) is 0.240. The van der Waals surface area contributed by atoms with Gasteiger partial charge in [0.1, 0.15) is 0 Å². The van der Waals surface area contributed by atoms with E-state index in [1.165, 1.54) is 24.2 Å². The maximum absolute atomic E-state index is 12.3. The van der Waals surface area contributed by atoms with Crippen molar-refractivity contribution >= 4 is 29.3 Å². The predicted molar refractivity (Wildman–Crippen MR) is 124 cm³/mol. The number of hydrogen-bond acceptors (Lipinski definition) is 5. The fourth-order valence-corrected chi connectivity index (χ4v) is 4.65. The lowest BCUT2D eigenvalue weighted by atomic mass is 9.83. The van der Waals surface area contributed by atoms with Crippen molar-refractivity contribution in [3.63, 3.8) is 0 Å². The second kappa shape index (κ2) is 10.8. The molecule has 1 aliphatic carbocycles. The van der Waals surface area contributed by atoms with E-state index in [1.807, 2.05) is 30.3 Å². The first-order valence-corrected chi connectivity index (χ1v) is 11.4. The van der Waals surface area contributed by atoms with Crippen LogP contribution in [0.2, 0.25) is 0 Å². The molecule has 0 bridgehead atoms. The summed E-state index contributed by atoms with van der Waals surface area (Å²) >= 11 is 1.71. The summed E-state index contributed by atoms with van der Waals surface area (Å²) in [6.07, 6.45) is 8.33. The summed E-state index contributed by atoms with van der Waals surface area (Å²) < 4.78 is 0. The second-order valence-electron chi connectivity index (χ2n) is 7.49. The van der Waals surface area contributed by atoms with E-state index < -0.39 is 6.09 Å². The highest BCUT2D eigenvalue weighted by Gasteiger charge is 2.22. The highest BCUT2D eigenvalue weighted by molar-refractivity contribution is 7.99. The zero-order valence-electron chi connectivity index (χ0n) is 17.2. The fourth-order valence-electron chi connectivity index (χ4n) is 3.75. The number of carbonyl (C=O) groups is 1. The van der Waals surface area contributed by atoms with Crippen LogP contribution in [0.5, 0.6) is 0 Å². The van der Waals surface area contributed by atoms with Crippen LogP contribution >= 0.6 is 11.8 Å². The van der Waals surface area contributed by atoms with E-state index in [0.717, 1.165) is 29.0 Å². The van der Waals surface area contributed by atoms with Crippen LogP contribution in [0.1, 0.15) is 37.7 Å². The molecule has 1 heterocycles. The second-order valence-corrected chi connectivity index (χ2v) is 8.64. The molecule has 1 N–H and O–H groups in total. The number of nitrogens with zero attached hydrogens (tertiary/aromatic N) is 2. The van der Waals surface area contributed by atoms with E-state index in [1.54, 1.807) is 36.3 Å². The molecule has 5 nitrogen and oxygen atoms in total. The highest BCUT2D eigenvalue weighted by Crippen LogP contribution is 2.31. The van der Waals surface area contributed by atoms with Crippen molar-refractivity contribution in [2.24, 2.45) is 11.1 Å². The lowest BCUT2D eigenvalue weighted by Crippen LogP contribution is -2.21. The van der Waals surface area contributed by atoms with E-state index in [2.05, 4.69) is 39.7 Å². The van der Waals surface area contributed by atoms with Gasteiger partial charge in [-0.25, -0.2) is 4.79 Å². The zero-order chi connectivity index (χ0) is 21.3. The Morgan fingerprint density at radius 1 is 0.935 bits per heavy atom. The Bertz CT molecular complexity index is 1020. The van der Waals surface area contributed by atoms with E-state index in [9.17, 15) is 4.79 Å². The van der Waals surface area contributed by atoms with Gasteiger partial charge in [0.2, 0.25) is 0 Å². The maximum atomic E-state index is 12.3. The molecule has 31 heavy (non-hydrogen) atoms. The quantitative estimate of drug-likeness (QED) is 0.266. The summed E-state index contributed by atoms with van der Waals surface area (Å²) in [5.41, 5.74) is 2.47. The summed E-state index contributed by atoms with van der Waals surface area (Å²) in [5.74, 6) is 0.291. The molecule has 0 spiro atoms. The molecular weight excluding hydrogens is 406 g/mol. The number of amides is 1. The Kier molecular flexibility index (Phi) is 7.34. The van der Waals surface area contributed by atoms with Crippen molar-refractivity contribution in [1.82, 2.24) is 4.98 Å². The van der Waals surface area contributed by atoms with Gasteiger partial charge in [-0.15, -0.1) is 0 Å². The molecule has 1 fully saturated rings. The monoisotopic (exact) mass is 431 g/mol. The summed E-state index contributed by atoms with van der Waals surface area (Å²) in [6, 6.07) is 22.0. The number of carbonyl (C=O) groups excluding carboxylic acids is 1. The number of benzene rings is 2. The van der Waals surface area contributed by atoms with Crippen LogP contribution in [0.3, 0.4) is 0 Å². The first-order valence-electron chi connectivity index (χ1n) is 10.6. The molecule has 158 valence electrons. The molecule has 1 amide bonds. The minimum atomic E-state index is -0.602. The van der Waals surface area contributed by atoms with Gasteiger partial charge in [0.15, 0.2) is 0 Å². The van der Waals surface area contributed by atoms with Crippen LogP contribution in [0, 0.1) is 5.92 Å². The van der Waals surface area contributed by atoms with Crippen LogP contribution in [0.4, 0.5) is 10.5 Å². The van der Waals surface area contributed by atoms with E-state index in [-0.39, 0.29) is 0 Å². The number of rotatable bonds is 6. The smallest absolute Gasteiger partial charge is 0.297 e. The topological polar surface area (TPSA) is 63.6 Å². The number of aromatic nitrogens is 1. The Balaban J connectivity index is 1.54. The lowest BCUT2D eigenvalue weighted by Gasteiger charge is -2.23. The van der Waals surface area contributed by atoms with Gasteiger partial charge in [0, 0.05) is 39.4 Å². The van der Waals surface area contributed by atoms with Crippen LogP contribution in [0.15, 0.2) is 94.1 Å². The van der Waals surface area contributed by atoms with Crippen molar-refractivity contribution in [2.45, 2.75) is 41.9 Å². The van der Waals surface area contributed by atoms with Gasteiger partial charge in [-0.3, -0.25) is 15.1 Å². The predicted octanol–water partition coefficient (Wildman–Crippen LogP) is 6.77. The van der Waals surface area contributed by atoms with Crippen LogP contribution in [-0.2, 0) is 4.84 Å². The van der Waals surface area contributed by atoms with Crippen LogP contribution in [-0.4, -0.2) is 16.8 Å². The Morgan fingerprint density at radius 3 is 2.45 bits per heavy atom. The maximum Gasteiger partial charge on any atom is 0.437 e. The van der Waals surface area contributed by atoms with Crippen molar-refractivity contribution in [3.8, 4) is 0 Å². The molecule has 0 radical (unpaired) electrons. The van der Waals surface area contributed by atoms with Crippen molar-refractivity contribution in [3.05, 3.63) is 84.7 Å². The Morgan fingerprint density at radius 2 is 1.68 bits per heavy atom. The van der Waals surface area contributed by atoms with Gasteiger partial charge >= 0.3 is 6.09 Å². The van der Waals surface area contributed by atoms with Gasteiger partial charge < -0.3 is 0 Å². The third kappa shape index (κ3) is 6.18. The molecule has 0 atom stereocenters. The summed E-state index contributed by atoms with van der Waals surface area (Å²) in [6.45, 7) is 0.